The monoisotopic (exact) mass is 254 g/mol. The molecular formula is C12H22N4S. The zero-order chi connectivity index (χ0) is 12.3. The maximum absolute atomic E-state index is 5.58. The quantitative estimate of drug-likeness (QED) is 0.882. The number of hydrogen-bond donors (Lipinski definition) is 1. The van der Waals surface area contributed by atoms with E-state index < -0.39 is 0 Å². The summed E-state index contributed by atoms with van der Waals surface area (Å²) in [6.45, 7) is 4.11. The molecule has 0 bridgehead atoms. The Bertz CT molecular complexity index is 344. The standard InChI is InChI=1S/C12H22N4S/c1-15-5-3-10(4-6-15)8-16(2)12-14-11(7-13)9-17-12/h9-10H,3-8,13H2,1-2H3. The average Bonchev–Trinajstić information content (AvgIpc) is 2.81. The van der Waals surface area contributed by atoms with E-state index in [-0.39, 0.29) is 0 Å². The molecule has 1 fully saturated rings. The molecular weight excluding hydrogens is 232 g/mol. The van der Waals surface area contributed by atoms with Crippen LogP contribution in [0.1, 0.15) is 18.5 Å². The molecule has 0 unspecified atom stereocenters. The van der Waals surface area contributed by atoms with Crippen LogP contribution in [-0.2, 0) is 6.54 Å². The van der Waals surface area contributed by atoms with Crippen molar-refractivity contribution in [3.05, 3.63) is 11.1 Å². The molecule has 2 heterocycles. The van der Waals surface area contributed by atoms with Crippen LogP contribution in [0.25, 0.3) is 0 Å². The highest BCUT2D eigenvalue weighted by atomic mass is 32.1. The Balaban J connectivity index is 1.86. The van der Waals surface area contributed by atoms with E-state index in [1.165, 1.54) is 25.9 Å². The van der Waals surface area contributed by atoms with Crippen LogP contribution >= 0.6 is 11.3 Å². The van der Waals surface area contributed by atoms with E-state index in [9.17, 15) is 0 Å². The zero-order valence-electron chi connectivity index (χ0n) is 10.7. The third-order valence-corrected chi connectivity index (χ3v) is 4.45. The minimum Gasteiger partial charge on any atom is -0.351 e. The smallest absolute Gasteiger partial charge is 0.185 e. The van der Waals surface area contributed by atoms with Crippen molar-refractivity contribution in [1.29, 1.82) is 0 Å². The van der Waals surface area contributed by atoms with Gasteiger partial charge in [0.1, 0.15) is 0 Å². The topological polar surface area (TPSA) is 45.4 Å². The van der Waals surface area contributed by atoms with Gasteiger partial charge in [0.05, 0.1) is 5.69 Å². The van der Waals surface area contributed by atoms with Crippen molar-refractivity contribution in [2.45, 2.75) is 19.4 Å². The number of hydrogen-bond acceptors (Lipinski definition) is 5. The van der Waals surface area contributed by atoms with Crippen LogP contribution < -0.4 is 10.6 Å². The van der Waals surface area contributed by atoms with Gasteiger partial charge in [0.2, 0.25) is 0 Å². The molecule has 0 saturated carbocycles. The average molecular weight is 254 g/mol. The van der Waals surface area contributed by atoms with Gasteiger partial charge < -0.3 is 15.5 Å². The molecule has 1 saturated heterocycles. The Morgan fingerprint density at radius 2 is 2.24 bits per heavy atom. The largest absolute Gasteiger partial charge is 0.351 e. The summed E-state index contributed by atoms with van der Waals surface area (Å²) < 4.78 is 0. The first-order chi connectivity index (χ1) is 8.19. The third kappa shape index (κ3) is 3.40. The second-order valence-electron chi connectivity index (χ2n) is 4.95. The Morgan fingerprint density at radius 1 is 1.53 bits per heavy atom. The molecule has 96 valence electrons. The Kier molecular flexibility index (Phi) is 4.36. The van der Waals surface area contributed by atoms with E-state index in [0.29, 0.717) is 6.54 Å². The minimum atomic E-state index is 0.540. The molecule has 0 radical (unpaired) electrons. The number of piperidine rings is 1. The number of likely N-dealkylation sites (tertiary alicyclic amines) is 1. The number of nitrogens with zero attached hydrogens (tertiary/aromatic N) is 3. The molecule has 0 atom stereocenters. The fourth-order valence-corrected chi connectivity index (χ4v) is 3.09. The number of nitrogens with two attached hydrogens (primary N) is 1. The molecule has 17 heavy (non-hydrogen) atoms. The first kappa shape index (κ1) is 12.8. The highest BCUT2D eigenvalue weighted by Crippen LogP contribution is 2.23. The van der Waals surface area contributed by atoms with E-state index in [1.807, 2.05) is 0 Å². The van der Waals surface area contributed by atoms with Crippen molar-refractivity contribution >= 4 is 16.5 Å². The third-order valence-electron chi connectivity index (χ3n) is 3.45. The van der Waals surface area contributed by atoms with Gasteiger partial charge in [0.15, 0.2) is 5.13 Å². The summed E-state index contributed by atoms with van der Waals surface area (Å²) in [5.74, 6) is 0.807. The summed E-state index contributed by atoms with van der Waals surface area (Å²) in [7, 11) is 4.34. The normalized spacial score (nSPS) is 18.5. The summed E-state index contributed by atoms with van der Waals surface area (Å²) >= 11 is 1.70. The maximum atomic E-state index is 5.58. The van der Waals surface area contributed by atoms with E-state index >= 15 is 0 Å². The van der Waals surface area contributed by atoms with E-state index in [2.05, 4.69) is 34.3 Å². The predicted octanol–water partition coefficient (Wildman–Crippen LogP) is 1.38. The van der Waals surface area contributed by atoms with Crippen molar-refractivity contribution in [2.24, 2.45) is 11.7 Å². The fraction of sp³-hybridized carbons (Fsp3) is 0.750. The lowest BCUT2D eigenvalue weighted by Crippen LogP contribution is -2.35. The molecule has 4 nitrogen and oxygen atoms in total. The summed E-state index contributed by atoms with van der Waals surface area (Å²) in [6, 6.07) is 0. The zero-order valence-corrected chi connectivity index (χ0v) is 11.5. The molecule has 1 aromatic heterocycles. The number of aromatic nitrogens is 1. The summed E-state index contributed by atoms with van der Waals surface area (Å²) in [5.41, 5.74) is 6.58. The molecule has 0 spiro atoms. The van der Waals surface area contributed by atoms with Gasteiger partial charge in [-0.2, -0.15) is 0 Å². The molecule has 0 amide bonds. The second-order valence-corrected chi connectivity index (χ2v) is 5.79. The highest BCUT2D eigenvalue weighted by molar-refractivity contribution is 7.13. The van der Waals surface area contributed by atoms with Crippen LogP contribution in [0, 0.1) is 5.92 Å². The van der Waals surface area contributed by atoms with Gasteiger partial charge >= 0.3 is 0 Å². The van der Waals surface area contributed by atoms with Crippen LogP contribution in [0.4, 0.5) is 5.13 Å². The highest BCUT2D eigenvalue weighted by Gasteiger charge is 2.19. The lowest BCUT2D eigenvalue weighted by atomic mass is 9.97. The first-order valence-electron chi connectivity index (χ1n) is 6.23. The molecule has 2 N–H and O–H groups in total. The molecule has 1 aliphatic heterocycles. The molecule has 0 aromatic carbocycles. The van der Waals surface area contributed by atoms with Gasteiger partial charge in [-0.15, -0.1) is 11.3 Å². The molecule has 1 aliphatic rings. The first-order valence-corrected chi connectivity index (χ1v) is 7.11. The van der Waals surface area contributed by atoms with E-state index in [4.69, 9.17) is 5.73 Å². The van der Waals surface area contributed by atoms with Gasteiger partial charge in [-0.05, 0) is 38.9 Å². The lowest BCUT2D eigenvalue weighted by molar-refractivity contribution is 0.222. The Labute approximate surface area is 107 Å². The predicted molar refractivity (Wildman–Crippen MR) is 73.5 cm³/mol. The molecule has 1 aromatic rings. The Morgan fingerprint density at radius 3 is 2.82 bits per heavy atom. The fourth-order valence-electron chi connectivity index (χ4n) is 2.28. The van der Waals surface area contributed by atoms with Crippen LogP contribution in [0.5, 0.6) is 0 Å². The molecule has 2 rings (SSSR count). The van der Waals surface area contributed by atoms with Gasteiger partial charge in [0, 0.05) is 25.5 Å². The van der Waals surface area contributed by atoms with Crippen molar-refractivity contribution in [3.63, 3.8) is 0 Å². The Hall–Kier alpha value is -0.650. The van der Waals surface area contributed by atoms with Gasteiger partial charge in [0.25, 0.3) is 0 Å². The SMILES string of the molecule is CN1CCC(CN(C)c2nc(CN)cs2)CC1. The minimum absolute atomic E-state index is 0.540. The maximum Gasteiger partial charge on any atom is 0.185 e. The number of anilines is 1. The van der Waals surface area contributed by atoms with E-state index in [1.54, 1.807) is 11.3 Å². The molecule has 0 aliphatic carbocycles. The molecule has 5 heteroatoms. The van der Waals surface area contributed by atoms with Crippen molar-refractivity contribution in [1.82, 2.24) is 9.88 Å². The van der Waals surface area contributed by atoms with Crippen LogP contribution in [0.15, 0.2) is 5.38 Å². The van der Waals surface area contributed by atoms with Crippen molar-refractivity contribution in [3.8, 4) is 0 Å². The van der Waals surface area contributed by atoms with Gasteiger partial charge in [-0.1, -0.05) is 0 Å². The van der Waals surface area contributed by atoms with Crippen LogP contribution in [0.3, 0.4) is 0 Å². The number of thiazole rings is 1. The van der Waals surface area contributed by atoms with Crippen molar-refractivity contribution in [2.75, 3.05) is 38.6 Å². The van der Waals surface area contributed by atoms with E-state index in [0.717, 1.165) is 23.3 Å². The lowest BCUT2D eigenvalue weighted by Gasteiger charge is -2.31. The summed E-state index contributed by atoms with van der Waals surface area (Å²) in [5, 5.41) is 3.16. The second kappa shape index (κ2) is 5.80. The van der Waals surface area contributed by atoms with Crippen molar-refractivity contribution < 1.29 is 0 Å². The van der Waals surface area contributed by atoms with Crippen LogP contribution in [-0.4, -0.2) is 43.6 Å². The van der Waals surface area contributed by atoms with Crippen LogP contribution in [0.2, 0.25) is 0 Å². The summed E-state index contributed by atoms with van der Waals surface area (Å²) in [6.07, 6.45) is 2.60. The van der Waals surface area contributed by atoms with Gasteiger partial charge in [-0.25, -0.2) is 4.98 Å². The van der Waals surface area contributed by atoms with Gasteiger partial charge in [-0.3, -0.25) is 0 Å². The summed E-state index contributed by atoms with van der Waals surface area (Å²) in [4.78, 5) is 9.20. The number of rotatable bonds is 4.